The molecule has 0 amide bonds. The fourth-order valence-electron chi connectivity index (χ4n) is 0.877. The summed E-state index contributed by atoms with van der Waals surface area (Å²) in [5, 5.41) is 3.49. The van der Waals surface area contributed by atoms with Gasteiger partial charge in [0, 0.05) is 12.6 Å². The van der Waals surface area contributed by atoms with Crippen LogP contribution in [-0.4, -0.2) is 12.6 Å². The zero-order chi connectivity index (χ0) is 10.3. The van der Waals surface area contributed by atoms with Crippen molar-refractivity contribution in [2.75, 3.05) is 6.54 Å². The van der Waals surface area contributed by atoms with Crippen LogP contribution in [-0.2, 0) is 0 Å². The molecule has 1 unspecified atom stereocenters. The van der Waals surface area contributed by atoms with Gasteiger partial charge in [0.1, 0.15) is 0 Å². The fourth-order valence-corrected chi connectivity index (χ4v) is 0.877. The van der Waals surface area contributed by atoms with Crippen LogP contribution in [0.3, 0.4) is 0 Å². The minimum absolute atomic E-state index is 0.592. The molecule has 1 atom stereocenters. The predicted octanol–water partition coefficient (Wildman–Crippen LogP) is 3.14. The van der Waals surface area contributed by atoms with Crippen molar-refractivity contribution in [3.63, 3.8) is 0 Å². The highest BCUT2D eigenvalue weighted by Crippen LogP contribution is 2.00. The highest BCUT2D eigenvalue weighted by atomic mass is 14.9. The van der Waals surface area contributed by atoms with E-state index in [4.69, 9.17) is 0 Å². The topological polar surface area (TPSA) is 12.0 Å². The maximum absolute atomic E-state index is 3.49. The quantitative estimate of drug-likeness (QED) is 0.642. The Morgan fingerprint density at radius 1 is 1.31 bits per heavy atom. The van der Waals surface area contributed by atoms with Crippen molar-refractivity contribution in [3.05, 3.63) is 23.8 Å². The lowest BCUT2D eigenvalue weighted by atomic mass is 10.1. The molecular formula is C12H23N. The first-order chi connectivity index (χ1) is 6.07. The summed E-state index contributed by atoms with van der Waals surface area (Å²) in [6, 6.07) is 0.592. The maximum atomic E-state index is 3.49. The minimum Gasteiger partial charge on any atom is -0.310 e. The number of hydrogen-bond donors (Lipinski definition) is 1. The summed E-state index contributed by atoms with van der Waals surface area (Å²) in [6.07, 6.45) is 6.28. The molecule has 0 bridgehead atoms. The van der Waals surface area contributed by atoms with Crippen molar-refractivity contribution < 1.29 is 0 Å². The van der Waals surface area contributed by atoms with Crippen LogP contribution in [0.2, 0.25) is 0 Å². The Hall–Kier alpha value is -0.560. The average Bonchev–Trinajstić information content (AvgIpc) is 2.10. The van der Waals surface area contributed by atoms with Crippen LogP contribution in [0.25, 0.3) is 0 Å². The van der Waals surface area contributed by atoms with Crippen LogP contribution in [0.15, 0.2) is 23.8 Å². The van der Waals surface area contributed by atoms with E-state index in [1.807, 2.05) is 6.92 Å². The van der Waals surface area contributed by atoms with Crippen LogP contribution in [0.1, 0.15) is 34.6 Å². The van der Waals surface area contributed by atoms with E-state index in [9.17, 15) is 0 Å². The van der Waals surface area contributed by atoms with Crippen molar-refractivity contribution >= 4 is 0 Å². The SMILES string of the molecule is C/C=C\C=C(/C)CNC(C)C(C)C. The van der Waals surface area contributed by atoms with Crippen LogP contribution in [0.4, 0.5) is 0 Å². The molecule has 0 aromatic rings. The molecule has 0 radical (unpaired) electrons. The molecule has 0 spiro atoms. The van der Waals surface area contributed by atoms with Gasteiger partial charge in [0.05, 0.1) is 0 Å². The molecule has 0 aromatic carbocycles. The third-order valence-electron chi connectivity index (χ3n) is 2.28. The lowest BCUT2D eigenvalue weighted by molar-refractivity contribution is 0.441. The molecule has 1 heteroatoms. The van der Waals surface area contributed by atoms with E-state index >= 15 is 0 Å². The van der Waals surface area contributed by atoms with Crippen molar-refractivity contribution in [1.29, 1.82) is 0 Å². The van der Waals surface area contributed by atoms with Gasteiger partial charge in [-0.1, -0.05) is 37.6 Å². The summed E-state index contributed by atoms with van der Waals surface area (Å²) in [5.41, 5.74) is 1.38. The third-order valence-corrected chi connectivity index (χ3v) is 2.28. The number of nitrogens with one attached hydrogen (secondary N) is 1. The fraction of sp³-hybridized carbons (Fsp3) is 0.667. The largest absolute Gasteiger partial charge is 0.310 e. The van der Waals surface area contributed by atoms with Crippen molar-refractivity contribution in [3.8, 4) is 0 Å². The summed E-state index contributed by atoms with van der Waals surface area (Å²) in [6.45, 7) is 11.9. The van der Waals surface area contributed by atoms with E-state index in [0.29, 0.717) is 12.0 Å². The molecule has 1 N–H and O–H groups in total. The molecule has 0 aliphatic rings. The Morgan fingerprint density at radius 3 is 2.38 bits per heavy atom. The minimum atomic E-state index is 0.592. The first-order valence-corrected chi connectivity index (χ1v) is 5.09. The Kier molecular flexibility index (Phi) is 6.61. The summed E-state index contributed by atoms with van der Waals surface area (Å²) < 4.78 is 0. The summed E-state index contributed by atoms with van der Waals surface area (Å²) >= 11 is 0. The summed E-state index contributed by atoms with van der Waals surface area (Å²) in [4.78, 5) is 0. The first kappa shape index (κ1) is 12.4. The highest BCUT2D eigenvalue weighted by Gasteiger charge is 2.04. The van der Waals surface area contributed by atoms with Crippen molar-refractivity contribution in [1.82, 2.24) is 5.32 Å². The molecule has 0 aliphatic heterocycles. The van der Waals surface area contributed by atoms with Crippen molar-refractivity contribution in [2.24, 2.45) is 5.92 Å². The second-order valence-corrected chi connectivity index (χ2v) is 3.95. The Labute approximate surface area is 82.9 Å². The van der Waals surface area contributed by atoms with Gasteiger partial charge in [-0.2, -0.15) is 0 Å². The van der Waals surface area contributed by atoms with Gasteiger partial charge in [-0.25, -0.2) is 0 Å². The first-order valence-electron chi connectivity index (χ1n) is 5.09. The molecule has 13 heavy (non-hydrogen) atoms. The van der Waals surface area contributed by atoms with E-state index in [2.05, 4.69) is 51.2 Å². The van der Waals surface area contributed by atoms with E-state index in [1.54, 1.807) is 0 Å². The molecule has 1 nitrogen and oxygen atoms in total. The molecule has 76 valence electrons. The molecule has 0 rings (SSSR count). The van der Waals surface area contributed by atoms with Gasteiger partial charge < -0.3 is 5.32 Å². The molecule has 0 saturated carbocycles. The Morgan fingerprint density at radius 2 is 1.92 bits per heavy atom. The molecule has 0 aromatic heterocycles. The van der Waals surface area contributed by atoms with E-state index in [-0.39, 0.29) is 0 Å². The maximum Gasteiger partial charge on any atom is 0.0167 e. The smallest absolute Gasteiger partial charge is 0.0167 e. The van der Waals surface area contributed by atoms with Crippen molar-refractivity contribution in [2.45, 2.75) is 40.7 Å². The Bertz CT molecular complexity index is 178. The van der Waals surface area contributed by atoms with Gasteiger partial charge in [-0.05, 0) is 26.7 Å². The lowest BCUT2D eigenvalue weighted by Crippen LogP contribution is -2.31. The zero-order valence-electron chi connectivity index (χ0n) is 9.59. The number of hydrogen-bond acceptors (Lipinski definition) is 1. The van der Waals surface area contributed by atoms with Gasteiger partial charge in [0.15, 0.2) is 0 Å². The molecule has 0 saturated heterocycles. The monoisotopic (exact) mass is 181 g/mol. The van der Waals surface area contributed by atoms with E-state index in [1.165, 1.54) is 5.57 Å². The normalized spacial score (nSPS) is 15.7. The molecule has 0 fully saturated rings. The predicted molar refractivity (Wildman–Crippen MR) is 60.9 cm³/mol. The van der Waals surface area contributed by atoms with Gasteiger partial charge in [0.25, 0.3) is 0 Å². The van der Waals surface area contributed by atoms with E-state index in [0.717, 1.165) is 6.54 Å². The molecule has 0 aliphatic carbocycles. The van der Waals surface area contributed by atoms with Gasteiger partial charge >= 0.3 is 0 Å². The standard InChI is InChI=1S/C12H23N/c1-6-7-8-11(4)9-13-12(5)10(2)3/h6-8,10,12-13H,9H2,1-5H3/b7-6-,11-8+. The van der Waals surface area contributed by atoms with Crippen LogP contribution < -0.4 is 5.32 Å². The van der Waals surface area contributed by atoms with Crippen LogP contribution in [0.5, 0.6) is 0 Å². The molecular weight excluding hydrogens is 158 g/mol. The average molecular weight is 181 g/mol. The number of allylic oxidation sites excluding steroid dienone is 3. The highest BCUT2D eigenvalue weighted by molar-refractivity contribution is 5.11. The number of rotatable bonds is 5. The van der Waals surface area contributed by atoms with Crippen LogP contribution >= 0.6 is 0 Å². The zero-order valence-corrected chi connectivity index (χ0v) is 9.59. The van der Waals surface area contributed by atoms with Crippen LogP contribution in [0, 0.1) is 5.92 Å². The van der Waals surface area contributed by atoms with Gasteiger partial charge in [-0.15, -0.1) is 0 Å². The van der Waals surface area contributed by atoms with E-state index < -0.39 is 0 Å². The third kappa shape index (κ3) is 6.59. The second kappa shape index (κ2) is 6.90. The summed E-state index contributed by atoms with van der Waals surface area (Å²) in [7, 11) is 0. The van der Waals surface area contributed by atoms with Gasteiger partial charge in [-0.3, -0.25) is 0 Å². The van der Waals surface area contributed by atoms with Gasteiger partial charge in [0.2, 0.25) is 0 Å². The second-order valence-electron chi connectivity index (χ2n) is 3.95. The molecule has 0 heterocycles. The lowest BCUT2D eigenvalue weighted by Gasteiger charge is -2.17. The summed E-state index contributed by atoms with van der Waals surface area (Å²) in [5.74, 6) is 0.703. The Balaban J connectivity index is 3.75.